The maximum absolute atomic E-state index is 14.0. The fraction of sp³-hybridized carbons (Fsp3) is 0.259. The van der Waals surface area contributed by atoms with Crippen LogP contribution < -0.4 is 4.90 Å². The molecule has 6 heteroatoms. The van der Waals surface area contributed by atoms with Gasteiger partial charge >= 0.3 is 0 Å². The van der Waals surface area contributed by atoms with Crippen LogP contribution >= 0.6 is 11.6 Å². The lowest BCUT2D eigenvalue weighted by Crippen LogP contribution is -2.40. The van der Waals surface area contributed by atoms with Gasteiger partial charge in [-0.2, -0.15) is 0 Å². The normalized spacial score (nSPS) is 23.7. The molecule has 1 saturated heterocycles. The molecule has 166 valence electrons. The average Bonchev–Trinajstić information content (AvgIpc) is 3.56. The molecular weight excluding hydrogens is 436 g/mol. The second kappa shape index (κ2) is 7.72. The molecule has 0 aromatic heterocycles. The van der Waals surface area contributed by atoms with Crippen molar-refractivity contribution in [2.45, 2.75) is 17.8 Å². The Morgan fingerprint density at radius 3 is 2.52 bits per heavy atom. The van der Waals surface area contributed by atoms with Crippen molar-refractivity contribution in [3.8, 4) is 0 Å². The summed E-state index contributed by atoms with van der Waals surface area (Å²) in [6, 6.07) is 23.2. The number of halogens is 1. The number of nitrogens with zero attached hydrogens (tertiary/aromatic N) is 2. The van der Waals surface area contributed by atoms with Crippen LogP contribution in [0.1, 0.15) is 33.8 Å². The van der Waals surface area contributed by atoms with Crippen molar-refractivity contribution in [1.82, 2.24) is 4.90 Å². The van der Waals surface area contributed by atoms with Gasteiger partial charge in [0.15, 0.2) is 0 Å². The molecule has 0 bridgehead atoms. The van der Waals surface area contributed by atoms with Crippen LogP contribution in [0.4, 0.5) is 11.4 Å². The van der Waals surface area contributed by atoms with Crippen molar-refractivity contribution in [3.63, 3.8) is 0 Å². The predicted molar refractivity (Wildman–Crippen MR) is 127 cm³/mol. The highest BCUT2D eigenvalue weighted by atomic mass is 35.5. The molecule has 2 heterocycles. The van der Waals surface area contributed by atoms with E-state index in [1.807, 2.05) is 66.7 Å². The molecule has 5 nitrogen and oxygen atoms in total. The summed E-state index contributed by atoms with van der Waals surface area (Å²) in [6.07, 6.45) is 0.771. The van der Waals surface area contributed by atoms with Crippen molar-refractivity contribution in [3.05, 3.63) is 94.5 Å². The zero-order chi connectivity index (χ0) is 22.6. The quantitative estimate of drug-likeness (QED) is 0.560. The van der Waals surface area contributed by atoms with Gasteiger partial charge in [-0.25, -0.2) is 0 Å². The van der Waals surface area contributed by atoms with E-state index in [1.165, 1.54) is 0 Å². The second-order valence-electron chi connectivity index (χ2n) is 8.89. The maximum Gasteiger partial charge on any atom is 0.254 e. The Bertz CT molecular complexity index is 1250. The minimum Gasteiger partial charge on any atom is -0.378 e. The van der Waals surface area contributed by atoms with Gasteiger partial charge in [0.05, 0.1) is 24.3 Å². The largest absolute Gasteiger partial charge is 0.378 e. The third kappa shape index (κ3) is 3.18. The number of carbonyl (C=O) groups excluding carboxylic acids is 2. The predicted octanol–water partition coefficient (Wildman–Crippen LogP) is 4.92. The topological polar surface area (TPSA) is 49.9 Å². The highest BCUT2D eigenvalue weighted by molar-refractivity contribution is 6.30. The van der Waals surface area contributed by atoms with Gasteiger partial charge in [0.1, 0.15) is 0 Å². The smallest absolute Gasteiger partial charge is 0.254 e. The fourth-order valence-electron chi connectivity index (χ4n) is 5.35. The molecule has 2 aliphatic heterocycles. The first-order chi connectivity index (χ1) is 16.1. The third-order valence-electron chi connectivity index (χ3n) is 7.09. The second-order valence-corrected chi connectivity index (χ2v) is 9.33. The number of amides is 2. The zero-order valence-electron chi connectivity index (χ0n) is 18.0. The van der Waals surface area contributed by atoms with Crippen LogP contribution in [0, 0.1) is 0 Å². The van der Waals surface area contributed by atoms with Gasteiger partial charge in [0, 0.05) is 35.3 Å². The molecular formula is C27H23ClN2O3. The van der Waals surface area contributed by atoms with E-state index in [1.54, 1.807) is 9.80 Å². The molecule has 6 rings (SSSR count). The van der Waals surface area contributed by atoms with Crippen molar-refractivity contribution in [2.75, 3.05) is 31.2 Å². The molecule has 1 spiro atoms. The third-order valence-corrected chi connectivity index (χ3v) is 7.35. The highest BCUT2D eigenvalue weighted by Crippen LogP contribution is 2.67. The van der Waals surface area contributed by atoms with Crippen LogP contribution in [-0.4, -0.2) is 43.0 Å². The molecule has 2 fully saturated rings. The molecule has 3 aliphatic rings. The first-order valence-electron chi connectivity index (χ1n) is 11.3. The Morgan fingerprint density at radius 1 is 0.970 bits per heavy atom. The summed E-state index contributed by atoms with van der Waals surface area (Å²) in [6.45, 7) is 2.27. The van der Waals surface area contributed by atoms with Gasteiger partial charge < -0.3 is 9.64 Å². The SMILES string of the molecule is O=C(c1cccc(N2C(=O)[C@]3(C[C@@H]3c3ccc(Cl)cc3)c3ccccc32)c1)N1CCOCC1. The first-order valence-corrected chi connectivity index (χ1v) is 11.6. The lowest BCUT2D eigenvalue weighted by Gasteiger charge is -2.27. The fourth-order valence-corrected chi connectivity index (χ4v) is 5.47. The standard InChI is InChI=1S/C27H23ClN2O3/c28-20-10-8-18(9-11-20)23-17-27(23)22-6-1-2-7-24(22)30(26(27)32)21-5-3-4-19(16-21)25(31)29-12-14-33-15-13-29/h1-11,16,23H,12-15,17H2/t23-,27-/m1/s1. The molecule has 3 aromatic carbocycles. The molecule has 3 aromatic rings. The molecule has 1 saturated carbocycles. The van der Waals surface area contributed by atoms with Crippen molar-refractivity contribution < 1.29 is 14.3 Å². The van der Waals surface area contributed by atoms with E-state index in [2.05, 4.69) is 6.07 Å². The highest BCUT2D eigenvalue weighted by Gasteiger charge is 2.67. The van der Waals surface area contributed by atoms with Gasteiger partial charge in [-0.05, 0) is 53.9 Å². The molecule has 2 atom stereocenters. The summed E-state index contributed by atoms with van der Waals surface area (Å²) in [5, 5.41) is 0.690. The number of fused-ring (bicyclic) bond motifs is 2. The number of hydrogen-bond donors (Lipinski definition) is 0. The van der Waals surface area contributed by atoms with Gasteiger partial charge in [0.2, 0.25) is 5.91 Å². The van der Waals surface area contributed by atoms with E-state index in [9.17, 15) is 9.59 Å². The Labute approximate surface area is 197 Å². The Hall–Kier alpha value is -3.15. The molecule has 33 heavy (non-hydrogen) atoms. The number of anilines is 2. The first kappa shape index (κ1) is 20.5. The van der Waals surface area contributed by atoms with Crippen molar-refractivity contribution >= 4 is 34.8 Å². The molecule has 0 unspecified atom stereocenters. The van der Waals surface area contributed by atoms with Crippen molar-refractivity contribution in [1.29, 1.82) is 0 Å². The Morgan fingerprint density at radius 2 is 1.73 bits per heavy atom. The van der Waals surface area contributed by atoms with Gasteiger partial charge in [0.25, 0.3) is 5.91 Å². The van der Waals surface area contributed by atoms with Crippen LogP contribution in [0.2, 0.25) is 5.02 Å². The number of benzene rings is 3. The average molecular weight is 459 g/mol. The summed E-state index contributed by atoms with van der Waals surface area (Å²) in [7, 11) is 0. The van der Waals surface area contributed by atoms with E-state index in [0.29, 0.717) is 36.9 Å². The maximum atomic E-state index is 14.0. The van der Waals surface area contributed by atoms with Gasteiger partial charge in [-0.1, -0.05) is 48.0 Å². The number of para-hydroxylation sites is 1. The number of morpholine rings is 1. The minimum atomic E-state index is -0.561. The van der Waals surface area contributed by atoms with Crippen LogP contribution in [0.5, 0.6) is 0 Å². The number of ether oxygens (including phenoxy) is 1. The van der Waals surface area contributed by atoms with E-state index in [0.717, 1.165) is 28.9 Å². The number of rotatable bonds is 3. The summed E-state index contributed by atoms with van der Waals surface area (Å²) < 4.78 is 5.37. The van der Waals surface area contributed by atoms with E-state index >= 15 is 0 Å². The minimum absolute atomic E-state index is 0.0275. The van der Waals surface area contributed by atoms with Crippen LogP contribution in [-0.2, 0) is 14.9 Å². The van der Waals surface area contributed by atoms with Crippen LogP contribution in [0.15, 0.2) is 72.8 Å². The lowest BCUT2D eigenvalue weighted by molar-refractivity contribution is -0.119. The Kier molecular flexibility index (Phi) is 4.78. The van der Waals surface area contributed by atoms with E-state index in [4.69, 9.17) is 16.3 Å². The van der Waals surface area contributed by atoms with E-state index < -0.39 is 5.41 Å². The van der Waals surface area contributed by atoms with Crippen LogP contribution in [0.3, 0.4) is 0 Å². The summed E-state index contributed by atoms with van der Waals surface area (Å²) >= 11 is 6.08. The monoisotopic (exact) mass is 458 g/mol. The van der Waals surface area contributed by atoms with Crippen molar-refractivity contribution in [2.24, 2.45) is 0 Å². The lowest BCUT2D eigenvalue weighted by atomic mass is 9.92. The van der Waals surface area contributed by atoms with Gasteiger partial charge in [-0.3, -0.25) is 14.5 Å². The molecule has 0 N–H and O–H groups in total. The van der Waals surface area contributed by atoms with Crippen LogP contribution in [0.25, 0.3) is 0 Å². The van der Waals surface area contributed by atoms with Gasteiger partial charge in [-0.15, -0.1) is 0 Å². The molecule has 2 amide bonds. The molecule has 0 radical (unpaired) electrons. The molecule has 1 aliphatic carbocycles. The summed E-state index contributed by atoms with van der Waals surface area (Å²) in [5.74, 6) is 0.159. The Balaban J connectivity index is 1.37. The summed E-state index contributed by atoms with van der Waals surface area (Å²) in [5.41, 5.74) is 3.83. The van der Waals surface area contributed by atoms with E-state index in [-0.39, 0.29) is 17.7 Å². The number of hydrogen-bond acceptors (Lipinski definition) is 3. The zero-order valence-corrected chi connectivity index (χ0v) is 18.8. The summed E-state index contributed by atoms with van der Waals surface area (Å²) in [4.78, 5) is 30.6. The number of carbonyl (C=O) groups is 2.